The summed E-state index contributed by atoms with van der Waals surface area (Å²) >= 11 is 6.11. The molecule has 1 aromatic carbocycles. The van der Waals surface area contributed by atoms with Gasteiger partial charge in [0.05, 0.1) is 22.1 Å². The van der Waals surface area contributed by atoms with Gasteiger partial charge in [0, 0.05) is 17.8 Å². The maximum absolute atomic E-state index is 14.1. The van der Waals surface area contributed by atoms with Crippen molar-refractivity contribution in [1.29, 1.82) is 0 Å². The lowest BCUT2D eigenvalue weighted by Crippen LogP contribution is -2.27. The summed E-state index contributed by atoms with van der Waals surface area (Å²) in [5.41, 5.74) is 1.23. The zero-order valence-electron chi connectivity index (χ0n) is 14.7. The van der Waals surface area contributed by atoms with Crippen LogP contribution in [0.5, 0.6) is 0 Å². The first kappa shape index (κ1) is 18.1. The second-order valence-electron chi connectivity index (χ2n) is 6.77. The molecule has 2 heterocycles. The Kier molecular flexibility index (Phi) is 5.04. The molecule has 7 heteroatoms. The molecule has 2 aromatic heterocycles. The highest BCUT2D eigenvalue weighted by atomic mass is 35.5. The van der Waals surface area contributed by atoms with Crippen LogP contribution in [0.3, 0.4) is 0 Å². The zero-order chi connectivity index (χ0) is 18.7. The van der Waals surface area contributed by atoms with Crippen LogP contribution in [0.4, 0.5) is 21.8 Å². The van der Waals surface area contributed by atoms with E-state index < -0.39 is 5.82 Å². The molecule has 0 aliphatic carbocycles. The van der Waals surface area contributed by atoms with Crippen molar-refractivity contribution in [1.82, 2.24) is 15.0 Å². The van der Waals surface area contributed by atoms with Crippen LogP contribution >= 0.6 is 11.6 Å². The van der Waals surface area contributed by atoms with Crippen molar-refractivity contribution in [2.24, 2.45) is 0 Å². The van der Waals surface area contributed by atoms with Crippen molar-refractivity contribution in [2.75, 3.05) is 10.6 Å². The van der Waals surface area contributed by atoms with Crippen LogP contribution < -0.4 is 10.6 Å². The average Bonchev–Trinajstić information content (AvgIpc) is 2.57. The van der Waals surface area contributed by atoms with Gasteiger partial charge >= 0.3 is 0 Å². The lowest BCUT2D eigenvalue weighted by atomic mass is 10.1. The third-order valence-electron chi connectivity index (χ3n) is 3.36. The van der Waals surface area contributed by atoms with E-state index in [0.29, 0.717) is 23.2 Å². The smallest absolute Gasteiger partial charge is 0.225 e. The van der Waals surface area contributed by atoms with Crippen molar-refractivity contribution < 1.29 is 4.39 Å². The van der Waals surface area contributed by atoms with Gasteiger partial charge < -0.3 is 10.6 Å². The molecule has 0 aliphatic heterocycles. The number of pyridine rings is 1. The molecule has 3 aromatic rings. The van der Waals surface area contributed by atoms with Gasteiger partial charge in [-0.2, -0.15) is 4.98 Å². The maximum Gasteiger partial charge on any atom is 0.225 e. The third-order valence-corrected chi connectivity index (χ3v) is 3.67. The number of halogens is 2. The highest BCUT2D eigenvalue weighted by molar-refractivity contribution is 6.33. The number of hydrogen-bond donors (Lipinski definition) is 2. The topological polar surface area (TPSA) is 62.7 Å². The Morgan fingerprint density at radius 1 is 1.00 bits per heavy atom. The molecule has 0 unspecified atom stereocenters. The zero-order valence-corrected chi connectivity index (χ0v) is 15.5. The van der Waals surface area contributed by atoms with Gasteiger partial charge in [-0.05, 0) is 45.0 Å². The summed E-state index contributed by atoms with van der Waals surface area (Å²) in [6.45, 7) is 6.01. The van der Waals surface area contributed by atoms with E-state index in [1.807, 2.05) is 39.0 Å². The van der Waals surface area contributed by atoms with Gasteiger partial charge in [-0.15, -0.1) is 0 Å². The van der Waals surface area contributed by atoms with Gasteiger partial charge in [0.15, 0.2) is 0 Å². The van der Waals surface area contributed by atoms with E-state index in [9.17, 15) is 4.39 Å². The minimum absolute atomic E-state index is 0.168. The largest absolute Gasteiger partial charge is 0.350 e. The predicted molar refractivity (Wildman–Crippen MR) is 103 cm³/mol. The first-order valence-electron chi connectivity index (χ1n) is 8.11. The highest BCUT2D eigenvalue weighted by Gasteiger charge is 2.15. The molecule has 0 amide bonds. The quantitative estimate of drug-likeness (QED) is 0.652. The van der Waals surface area contributed by atoms with Crippen LogP contribution in [0.15, 0.2) is 48.7 Å². The molecule has 134 valence electrons. The standard InChI is InChI=1S/C19H19ClFN5/c1-19(2,3)26-18-23-15(14-9-4-5-10-22-14)11-16(25-18)24-17-12(20)7-6-8-13(17)21/h4-11H,1-3H3,(H2,23,24,25,26). The van der Waals surface area contributed by atoms with E-state index in [-0.39, 0.29) is 16.2 Å². The van der Waals surface area contributed by atoms with Gasteiger partial charge in [0.2, 0.25) is 5.95 Å². The summed E-state index contributed by atoms with van der Waals surface area (Å²) in [5, 5.41) is 6.45. The van der Waals surface area contributed by atoms with Gasteiger partial charge in [0.1, 0.15) is 11.6 Å². The number of benzene rings is 1. The summed E-state index contributed by atoms with van der Waals surface area (Å²) in [7, 11) is 0. The number of hydrogen-bond acceptors (Lipinski definition) is 5. The van der Waals surface area contributed by atoms with Crippen LogP contribution in [0.25, 0.3) is 11.4 Å². The minimum atomic E-state index is -0.458. The minimum Gasteiger partial charge on any atom is -0.350 e. The lowest BCUT2D eigenvalue weighted by Gasteiger charge is -2.21. The van der Waals surface area contributed by atoms with E-state index in [1.165, 1.54) is 6.07 Å². The number of aromatic nitrogens is 3. The number of anilines is 3. The van der Waals surface area contributed by atoms with Crippen LogP contribution in [-0.4, -0.2) is 20.5 Å². The highest BCUT2D eigenvalue weighted by Crippen LogP contribution is 2.29. The molecule has 0 saturated carbocycles. The maximum atomic E-state index is 14.1. The van der Waals surface area contributed by atoms with Gasteiger partial charge in [0.25, 0.3) is 0 Å². The summed E-state index contributed by atoms with van der Waals surface area (Å²) in [6, 6.07) is 11.8. The van der Waals surface area contributed by atoms with Gasteiger partial charge in [-0.1, -0.05) is 23.7 Å². The number of nitrogens with one attached hydrogen (secondary N) is 2. The normalized spacial score (nSPS) is 11.3. The van der Waals surface area contributed by atoms with Crippen molar-refractivity contribution >= 4 is 29.1 Å². The summed E-state index contributed by atoms with van der Waals surface area (Å²) in [4.78, 5) is 13.3. The van der Waals surface area contributed by atoms with Crippen LogP contribution in [0, 0.1) is 5.82 Å². The molecule has 3 rings (SSSR count). The number of nitrogens with zero attached hydrogens (tertiary/aromatic N) is 3. The van der Waals surface area contributed by atoms with Crippen molar-refractivity contribution in [3.05, 3.63) is 59.5 Å². The van der Waals surface area contributed by atoms with E-state index in [4.69, 9.17) is 11.6 Å². The Bertz CT molecular complexity index is 889. The second-order valence-corrected chi connectivity index (χ2v) is 7.18. The third kappa shape index (κ3) is 4.46. The Morgan fingerprint density at radius 2 is 1.81 bits per heavy atom. The molecule has 0 atom stereocenters. The van der Waals surface area contributed by atoms with Gasteiger partial charge in [-0.3, -0.25) is 4.98 Å². The van der Waals surface area contributed by atoms with Crippen LogP contribution in [0.1, 0.15) is 20.8 Å². The first-order valence-corrected chi connectivity index (χ1v) is 8.49. The fourth-order valence-electron chi connectivity index (χ4n) is 2.29. The molecule has 5 nitrogen and oxygen atoms in total. The number of rotatable bonds is 4. The Morgan fingerprint density at radius 3 is 2.46 bits per heavy atom. The van der Waals surface area contributed by atoms with E-state index in [0.717, 1.165) is 0 Å². The van der Waals surface area contributed by atoms with E-state index in [2.05, 4.69) is 25.6 Å². The van der Waals surface area contributed by atoms with E-state index >= 15 is 0 Å². The molecular weight excluding hydrogens is 353 g/mol. The summed E-state index contributed by atoms with van der Waals surface area (Å²) < 4.78 is 14.1. The molecule has 0 radical (unpaired) electrons. The fraction of sp³-hybridized carbons (Fsp3) is 0.211. The Balaban J connectivity index is 2.05. The molecule has 0 aliphatic rings. The Labute approximate surface area is 156 Å². The average molecular weight is 372 g/mol. The monoisotopic (exact) mass is 371 g/mol. The Hall–Kier alpha value is -2.73. The van der Waals surface area contributed by atoms with Crippen molar-refractivity contribution in [3.8, 4) is 11.4 Å². The van der Waals surface area contributed by atoms with E-state index in [1.54, 1.807) is 24.4 Å². The second kappa shape index (κ2) is 7.25. The molecule has 0 fully saturated rings. The fourth-order valence-corrected chi connectivity index (χ4v) is 2.50. The first-order chi connectivity index (χ1) is 12.3. The SMILES string of the molecule is CC(C)(C)Nc1nc(Nc2c(F)cccc2Cl)cc(-c2ccccn2)n1. The lowest BCUT2D eigenvalue weighted by molar-refractivity contribution is 0.625. The number of para-hydroxylation sites is 1. The molecule has 0 bridgehead atoms. The van der Waals surface area contributed by atoms with Crippen LogP contribution in [-0.2, 0) is 0 Å². The molecule has 2 N–H and O–H groups in total. The molecule has 0 spiro atoms. The van der Waals surface area contributed by atoms with Crippen molar-refractivity contribution in [3.63, 3.8) is 0 Å². The molecule has 0 saturated heterocycles. The van der Waals surface area contributed by atoms with Gasteiger partial charge in [-0.25, -0.2) is 9.37 Å². The predicted octanol–water partition coefficient (Wildman–Crippen LogP) is 5.29. The summed E-state index contributed by atoms with van der Waals surface area (Å²) in [5.74, 6) is 0.371. The molecular formula is C19H19ClFN5. The van der Waals surface area contributed by atoms with Crippen molar-refractivity contribution in [2.45, 2.75) is 26.3 Å². The molecule has 26 heavy (non-hydrogen) atoms. The van der Waals surface area contributed by atoms with Crippen LogP contribution in [0.2, 0.25) is 5.02 Å². The summed E-state index contributed by atoms with van der Waals surface area (Å²) in [6.07, 6.45) is 1.69.